The fourth-order valence-electron chi connectivity index (χ4n) is 1.04. The van der Waals surface area contributed by atoms with Crippen molar-refractivity contribution in [2.45, 2.75) is 6.92 Å². The van der Waals surface area contributed by atoms with Gasteiger partial charge in [0.05, 0.1) is 12.5 Å². The summed E-state index contributed by atoms with van der Waals surface area (Å²) in [5.41, 5.74) is 11.3. The minimum absolute atomic E-state index is 0.246. The Labute approximate surface area is 99.6 Å². The van der Waals surface area contributed by atoms with Gasteiger partial charge in [-0.05, 0) is 12.1 Å². The standard InChI is InChI=1S/C11H14N2O2S/c1-7(10(12)14)6-15-9-4-2-3-8(5-9)11(13)16/h2-5,7H,6H2,1H3,(H2,12,14)(H2,13,16). The van der Waals surface area contributed by atoms with Crippen LogP contribution < -0.4 is 16.2 Å². The lowest BCUT2D eigenvalue weighted by molar-refractivity contribution is -0.122. The van der Waals surface area contributed by atoms with Crippen molar-refractivity contribution in [2.75, 3.05) is 6.61 Å². The SMILES string of the molecule is CC(COc1cccc(C(N)=S)c1)C(N)=O. The lowest BCUT2D eigenvalue weighted by atomic mass is 10.2. The fraction of sp³-hybridized carbons (Fsp3) is 0.273. The highest BCUT2D eigenvalue weighted by Gasteiger charge is 2.09. The molecular formula is C11H14N2O2S. The Morgan fingerprint density at radius 3 is 2.75 bits per heavy atom. The molecule has 1 atom stereocenters. The summed E-state index contributed by atoms with van der Waals surface area (Å²) in [6.45, 7) is 1.95. The minimum atomic E-state index is -0.384. The quantitative estimate of drug-likeness (QED) is 0.744. The van der Waals surface area contributed by atoms with Crippen LogP contribution in [0.3, 0.4) is 0 Å². The average Bonchev–Trinajstić information content (AvgIpc) is 2.26. The number of benzene rings is 1. The van der Waals surface area contributed by atoms with Gasteiger partial charge in [-0.2, -0.15) is 0 Å². The summed E-state index contributed by atoms with van der Waals surface area (Å²) >= 11 is 4.85. The molecule has 0 radical (unpaired) electrons. The maximum atomic E-state index is 10.8. The van der Waals surface area contributed by atoms with Crippen molar-refractivity contribution in [1.29, 1.82) is 0 Å². The highest BCUT2D eigenvalue weighted by molar-refractivity contribution is 7.80. The molecule has 5 heteroatoms. The number of nitrogens with two attached hydrogens (primary N) is 2. The van der Waals surface area contributed by atoms with Crippen molar-refractivity contribution in [1.82, 2.24) is 0 Å². The summed E-state index contributed by atoms with van der Waals surface area (Å²) in [6.07, 6.45) is 0. The second-order valence-electron chi connectivity index (χ2n) is 3.51. The second-order valence-corrected chi connectivity index (χ2v) is 3.95. The molecule has 16 heavy (non-hydrogen) atoms. The van der Waals surface area contributed by atoms with E-state index < -0.39 is 0 Å². The predicted molar refractivity (Wildman–Crippen MR) is 66.2 cm³/mol. The zero-order valence-electron chi connectivity index (χ0n) is 8.97. The topological polar surface area (TPSA) is 78.3 Å². The normalized spacial score (nSPS) is 11.8. The third kappa shape index (κ3) is 3.51. The number of ether oxygens (including phenoxy) is 1. The molecule has 0 fully saturated rings. The van der Waals surface area contributed by atoms with E-state index in [2.05, 4.69) is 0 Å². The van der Waals surface area contributed by atoms with E-state index >= 15 is 0 Å². The predicted octanol–water partition coefficient (Wildman–Crippen LogP) is 0.821. The molecule has 0 aliphatic carbocycles. The van der Waals surface area contributed by atoms with Gasteiger partial charge in [0.2, 0.25) is 5.91 Å². The van der Waals surface area contributed by atoms with E-state index in [1.165, 1.54) is 0 Å². The van der Waals surface area contributed by atoms with Crippen LogP contribution in [0, 0.1) is 5.92 Å². The van der Waals surface area contributed by atoms with Crippen LogP contribution in [0.1, 0.15) is 12.5 Å². The Morgan fingerprint density at radius 2 is 2.19 bits per heavy atom. The minimum Gasteiger partial charge on any atom is -0.493 e. The summed E-state index contributed by atoms with van der Waals surface area (Å²) in [4.78, 5) is 11.1. The first-order valence-electron chi connectivity index (χ1n) is 4.82. The average molecular weight is 238 g/mol. The number of carbonyl (C=O) groups excluding carboxylic acids is 1. The van der Waals surface area contributed by atoms with E-state index in [9.17, 15) is 4.79 Å². The van der Waals surface area contributed by atoms with Gasteiger partial charge in [0, 0.05) is 5.56 Å². The Kier molecular flexibility index (Phi) is 4.25. The lowest BCUT2D eigenvalue weighted by Gasteiger charge is -2.10. The van der Waals surface area contributed by atoms with Crippen molar-refractivity contribution in [3.63, 3.8) is 0 Å². The first-order chi connectivity index (χ1) is 7.50. The van der Waals surface area contributed by atoms with Gasteiger partial charge in [-0.25, -0.2) is 0 Å². The van der Waals surface area contributed by atoms with Crippen LogP contribution in [-0.4, -0.2) is 17.5 Å². The number of rotatable bonds is 5. The number of thiocarbonyl (C=S) groups is 1. The number of hydrogen-bond donors (Lipinski definition) is 2. The Bertz CT molecular complexity index is 407. The van der Waals surface area contributed by atoms with E-state index in [1.807, 2.05) is 0 Å². The largest absolute Gasteiger partial charge is 0.493 e. The Morgan fingerprint density at radius 1 is 1.50 bits per heavy atom. The molecular weight excluding hydrogens is 224 g/mol. The molecule has 0 saturated carbocycles. The van der Waals surface area contributed by atoms with Crippen molar-refractivity contribution in [3.8, 4) is 5.75 Å². The molecule has 0 spiro atoms. The van der Waals surface area contributed by atoms with Crippen LogP contribution in [-0.2, 0) is 4.79 Å². The van der Waals surface area contributed by atoms with Gasteiger partial charge in [0.15, 0.2) is 0 Å². The van der Waals surface area contributed by atoms with Gasteiger partial charge in [0.1, 0.15) is 10.7 Å². The maximum absolute atomic E-state index is 10.8. The molecule has 1 amide bonds. The molecule has 0 saturated heterocycles. The maximum Gasteiger partial charge on any atom is 0.223 e. The molecule has 1 rings (SSSR count). The van der Waals surface area contributed by atoms with E-state index in [1.54, 1.807) is 31.2 Å². The Balaban J connectivity index is 2.64. The molecule has 4 nitrogen and oxygen atoms in total. The number of carbonyl (C=O) groups is 1. The van der Waals surface area contributed by atoms with Gasteiger partial charge in [-0.3, -0.25) is 4.79 Å². The summed E-state index contributed by atoms with van der Waals surface area (Å²) in [6, 6.07) is 7.09. The monoisotopic (exact) mass is 238 g/mol. The van der Waals surface area contributed by atoms with Crippen LogP contribution in [0.15, 0.2) is 24.3 Å². The van der Waals surface area contributed by atoms with Crippen LogP contribution in [0.2, 0.25) is 0 Å². The van der Waals surface area contributed by atoms with Gasteiger partial charge < -0.3 is 16.2 Å². The van der Waals surface area contributed by atoms with Crippen molar-refractivity contribution in [2.24, 2.45) is 17.4 Å². The zero-order valence-corrected chi connectivity index (χ0v) is 9.79. The van der Waals surface area contributed by atoms with Gasteiger partial charge >= 0.3 is 0 Å². The van der Waals surface area contributed by atoms with Crippen molar-refractivity contribution < 1.29 is 9.53 Å². The molecule has 0 aliphatic heterocycles. The first kappa shape index (κ1) is 12.4. The summed E-state index contributed by atoms with van der Waals surface area (Å²) in [5.74, 6) is -0.0858. The third-order valence-corrected chi connectivity index (χ3v) is 2.34. The number of hydrogen-bond acceptors (Lipinski definition) is 3. The Hall–Kier alpha value is -1.62. The van der Waals surface area contributed by atoms with Gasteiger partial charge in [-0.1, -0.05) is 31.3 Å². The van der Waals surface area contributed by atoms with E-state index in [0.29, 0.717) is 10.7 Å². The van der Waals surface area contributed by atoms with Gasteiger partial charge in [-0.15, -0.1) is 0 Å². The van der Waals surface area contributed by atoms with E-state index in [-0.39, 0.29) is 18.4 Å². The molecule has 0 heterocycles. The molecule has 0 aromatic heterocycles. The molecule has 0 aliphatic rings. The zero-order chi connectivity index (χ0) is 12.1. The summed E-state index contributed by atoms with van der Waals surface area (Å²) in [5, 5.41) is 0. The molecule has 4 N–H and O–H groups in total. The highest BCUT2D eigenvalue weighted by Crippen LogP contribution is 2.14. The van der Waals surface area contributed by atoms with E-state index in [0.717, 1.165) is 5.56 Å². The lowest BCUT2D eigenvalue weighted by Crippen LogP contribution is -2.25. The summed E-state index contributed by atoms with van der Waals surface area (Å²) in [7, 11) is 0. The van der Waals surface area contributed by atoms with Crippen LogP contribution in [0.5, 0.6) is 5.75 Å². The van der Waals surface area contributed by atoms with Crippen LogP contribution in [0.4, 0.5) is 0 Å². The molecule has 1 unspecified atom stereocenters. The third-order valence-electron chi connectivity index (χ3n) is 2.10. The molecule has 86 valence electrons. The summed E-state index contributed by atoms with van der Waals surface area (Å²) < 4.78 is 5.40. The smallest absolute Gasteiger partial charge is 0.223 e. The number of amides is 1. The van der Waals surface area contributed by atoms with E-state index in [4.69, 9.17) is 28.4 Å². The highest BCUT2D eigenvalue weighted by atomic mass is 32.1. The van der Waals surface area contributed by atoms with Gasteiger partial charge in [0.25, 0.3) is 0 Å². The second kappa shape index (κ2) is 5.46. The molecule has 0 bridgehead atoms. The first-order valence-corrected chi connectivity index (χ1v) is 5.23. The van der Waals surface area contributed by atoms with Crippen LogP contribution >= 0.6 is 12.2 Å². The van der Waals surface area contributed by atoms with Crippen LogP contribution in [0.25, 0.3) is 0 Å². The molecule has 1 aromatic rings. The fourth-order valence-corrected chi connectivity index (χ4v) is 1.17. The van der Waals surface area contributed by atoms with Crippen molar-refractivity contribution >= 4 is 23.1 Å². The van der Waals surface area contributed by atoms with Crippen molar-refractivity contribution in [3.05, 3.63) is 29.8 Å². The molecule has 1 aromatic carbocycles. The number of primary amides is 1.